The van der Waals surface area contributed by atoms with Gasteiger partial charge in [-0.1, -0.05) is 0 Å². The Bertz CT molecular complexity index is 1550. The molecule has 0 fully saturated rings. The first kappa shape index (κ1) is 21.1. The van der Waals surface area contributed by atoms with Crippen LogP contribution >= 0.6 is 0 Å². The number of hydrogen-bond donors (Lipinski definition) is 2. The second-order valence-electron chi connectivity index (χ2n) is 6.87. The van der Waals surface area contributed by atoms with Crippen molar-refractivity contribution in [3.05, 3.63) is 70.8 Å². The highest BCUT2D eigenvalue weighted by molar-refractivity contribution is 7.92. The number of benzene rings is 1. The van der Waals surface area contributed by atoms with E-state index in [1.807, 2.05) is 10.8 Å². The van der Waals surface area contributed by atoms with E-state index in [2.05, 4.69) is 15.1 Å². The van der Waals surface area contributed by atoms with Crippen LogP contribution in [-0.2, 0) is 17.1 Å². The molecule has 1 aromatic carbocycles. The van der Waals surface area contributed by atoms with Gasteiger partial charge in [0.15, 0.2) is 5.82 Å². The van der Waals surface area contributed by atoms with Crippen molar-refractivity contribution in [1.29, 1.82) is 5.26 Å². The molecule has 4 aromatic rings. The van der Waals surface area contributed by atoms with Gasteiger partial charge in [-0.15, -0.1) is 0 Å². The normalized spacial score (nSPS) is 11.5. The van der Waals surface area contributed by atoms with Crippen molar-refractivity contribution < 1.29 is 22.0 Å². The monoisotopic (exact) mass is 456 g/mol. The van der Waals surface area contributed by atoms with E-state index in [-0.39, 0.29) is 27.1 Å². The number of rotatable bonds is 5. The molecule has 4 rings (SSSR count). The van der Waals surface area contributed by atoms with Gasteiger partial charge in [-0.3, -0.25) is 14.2 Å². The van der Waals surface area contributed by atoms with E-state index in [1.54, 1.807) is 0 Å². The molecular formula is C20H14F2N6O3S. The minimum Gasteiger partial charge on any atom is -0.345 e. The van der Waals surface area contributed by atoms with Crippen LogP contribution in [0.2, 0.25) is 0 Å². The molecule has 0 radical (unpaired) electrons. The van der Waals surface area contributed by atoms with E-state index >= 15 is 4.39 Å². The number of sulfonamides is 1. The van der Waals surface area contributed by atoms with Crippen LogP contribution in [0.4, 0.5) is 14.5 Å². The first-order valence-corrected chi connectivity index (χ1v) is 10.5. The number of nitrogens with one attached hydrogen (secondary N) is 2. The number of fused-ring (bicyclic) bond motifs is 1. The fourth-order valence-electron chi connectivity index (χ4n) is 3.17. The highest BCUT2D eigenvalue weighted by Crippen LogP contribution is 2.28. The number of pyridine rings is 1. The topological polar surface area (TPSA) is 134 Å². The summed E-state index contributed by atoms with van der Waals surface area (Å²) in [6.45, 7) is 1.51. The molecule has 0 atom stereocenters. The van der Waals surface area contributed by atoms with Crippen LogP contribution in [0.15, 0.2) is 41.7 Å². The molecule has 0 amide bonds. The summed E-state index contributed by atoms with van der Waals surface area (Å²) in [5, 5.41) is 13.1. The summed E-state index contributed by atoms with van der Waals surface area (Å²) in [5.74, 6) is -3.59. The van der Waals surface area contributed by atoms with E-state index in [0.717, 1.165) is 18.3 Å². The average molecular weight is 456 g/mol. The van der Waals surface area contributed by atoms with Crippen molar-refractivity contribution >= 4 is 32.5 Å². The Morgan fingerprint density at radius 2 is 2.03 bits per heavy atom. The lowest BCUT2D eigenvalue weighted by atomic mass is 10.0. The van der Waals surface area contributed by atoms with E-state index < -0.39 is 38.7 Å². The van der Waals surface area contributed by atoms with Gasteiger partial charge in [0, 0.05) is 30.4 Å². The maximum absolute atomic E-state index is 15.2. The van der Waals surface area contributed by atoms with Crippen LogP contribution in [-0.4, -0.2) is 33.9 Å². The third-order valence-corrected chi connectivity index (χ3v) is 6.42. The van der Waals surface area contributed by atoms with Crippen molar-refractivity contribution in [2.45, 2.75) is 11.8 Å². The van der Waals surface area contributed by atoms with Crippen LogP contribution in [0.1, 0.15) is 27.2 Å². The number of anilines is 1. The molecule has 0 aliphatic heterocycles. The van der Waals surface area contributed by atoms with E-state index in [0.29, 0.717) is 5.69 Å². The van der Waals surface area contributed by atoms with Crippen LogP contribution in [0, 0.1) is 29.9 Å². The van der Waals surface area contributed by atoms with Crippen LogP contribution in [0.25, 0.3) is 11.0 Å². The standard InChI is InChI=1S/C20H14F2N6O3S/c1-10-16(9-26-28(10)2)32(30,31)27-15-4-3-14(21)17(18(15)22)19(29)13-8-25-20-12(13)5-11(6-23)7-24-20/h3-5,7-9,27H,1-2H3,(H,24,25). The molecule has 0 spiro atoms. The van der Waals surface area contributed by atoms with E-state index in [9.17, 15) is 17.6 Å². The Kier molecular flexibility index (Phi) is 4.98. The quantitative estimate of drug-likeness (QED) is 0.444. The van der Waals surface area contributed by atoms with Gasteiger partial charge in [0.05, 0.1) is 28.7 Å². The summed E-state index contributed by atoms with van der Waals surface area (Å²) in [5.41, 5.74) is -0.969. The first-order valence-electron chi connectivity index (χ1n) is 9.05. The minimum atomic E-state index is -4.26. The molecule has 162 valence electrons. The number of halogens is 2. The van der Waals surface area contributed by atoms with Crippen molar-refractivity contribution in [3.63, 3.8) is 0 Å². The van der Waals surface area contributed by atoms with Gasteiger partial charge in [0.1, 0.15) is 22.4 Å². The number of carbonyl (C=O) groups is 1. The Morgan fingerprint density at radius 1 is 1.28 bits per heavy atom. The Morgan fingerprint density at radius 3 is 2.69 bits per heavy atom. The molecule has 3 heterocycles. The van der Waals surface area contributed by atoms with E-state index in [1.165, 1.54) is 37.1 Å². The Balaban J connectivity index is 1.79. The van der Waals surface area contributed by atoms with Gasteiger partial charge in [-0.25, -0.2) is 22.2 Å². The molecule has 0 aliphatic carbocycles. The summed E-state index contributed by atoms with van der Waals surface area (Å²) >= 11 is 0. The molecule has 3 aromatic heterocycles. The molecule has 2 N–H and O–H groups in total. The highest BCUT2D eigenvalue weighted by atomic mass is 32.2. The number of ketones is 1. The maximum atomic E-state index is 15.2. The van der Waals surface area contributed by atoms with Crippen molar-refractivity contribution in [2.75, 3.05) is 4.72 Å². The molecule has 9 nitrogen and oxygen atoms in total. The highest BCUT2D eigenvalue weighted by Gasteiger charge is 2.27. The second-order valence-corrected chi connectivity index (χ2v) is 8.52. The van der Waals surface area contributed by atoms with Gasteiger partial charge < -0.3 is 4.98 Å². The number of hydrogen-bond acceptors (Lipinski definition) is 6. The summed E-state index contributed by atoms with van der Waals surface area (Å²) in [7, 11) is -2.72. The number of nitriles is 1. The van der Waals surface area contributed by atoms with Crippen molar-refractivity contribution in [1.82, 2.24) is 19.7 Å². The number of aromatic nitrogens is 4. The predicted octanol–water partition coefficient (Wildman–Crippen LogP) is 2.79. The fourth-order valence-corrected chi connectivity index (χ4v) is 4.43. The predicted molar refractivity (Wildman–Crippen MR) is 109 cm³/mol. The van der Waals surface area contributed by atoms with Gasteiger partial charge in [0.25, 0.3) is 10.0 Å². The lowest BCUT2D eigenvalue weighted by Gasteiger charge is -2.11. The van der Waals surface area contributed by atoms with Crippen LogP contribution < -0.4 is 4.72 Å². The van der Waals surface area contributed by atoms with Gasteiger partial charge in [-0.2, -0.15) is 10.4 Å². The van der Waals surface area contributed by atoms with Gasteiger partial charge >= 0.3 is 0 Å². The molecule has 32 heavy (non-hydrogen) atoms. The largest absolute Gasteiger partial charge is 0.345 e. The maximum Gasteiger partial charge on any atom is 0.265 e. The number of aromatic amines is 1. The van der Waals surface area contributed by atoms with Crippen LogP contribution in [0.5, 0.6) is 0 Å². The number of nitrogens with zero attached hydrogens (tertiary/aromatic N) is 4. The molecule has 0 unspecified atom stereocenters. The van der Waals surface area contributed by atoms with Gasteiger partial charge in [0.2, 0.25) is 5.78 Å². The minimum absolute atomic E-state index is 0.120. The summed E-state index contributed by atoms with van der Waals surface area (Å²) in [4.78, 5) is 19.5. The molecule has 0 aliphatic rings. The Hall–Kier alpha value is -4.11. The van der Waals surface area contributed by atoms with E-state index in [4.69, 9.17) is 5.26 Å². The SMILES string of the molecule is Cc1c(S(=O)(=O)Nc2ccc(F)c(C(=O)c3c[nH]c4ncc(C#N)cc34)c2F)cnn1C. The summed E-state index contributed by atoms with van der Waals surface area (Å²) in [6, 6.07) is 4.91. The summed E-state index contributed by atoms with van der Waals surface area (Å²) in [6.07, 6.45) is 3.59. The molecule has 0 saturated carbocycles. The second kappa shape index (κ2) is 7.54. The van der Waals surface area contributed by atoms with Crippen molar-refractivity contribution in [2.24, 2.45) is 7.05 Å². The number of carbonyl (C=O) groups excluding carboxylic acids is 1. The smallest absolute Gasteiger partial charge is 0.265 e. The average Bonchev–Trinajstić information content (AvgIpc) is 3.33. The van der Waals surface area contributed by atoms with Crippen LogP contribution in [0.3, 0.4) is 0 Å². The fraction of sp³-hybridized carbons (Fsp3) is 0.100. The summed E-state index contributed by atoms with van der Waals surface area (Å²) < 4.78 is 58.4. The molecule has 12 heteroatoms. The zero-order valence-electron chi connectivity index (χ0n) is 16.6. The first-order chi connectivity index (χ1) is 15.1. The lowest BCUT2D eigenvalue weighted by Crippen LogP contribution is -2.17. The molecule has 0 bridgehead atoms. The molecule has 0 saturated heterocycles. The lowest BCUT2D eigenvalue weighted by molar-refractivity contribution is 0.103. The third-order valence-electron chi connectivity index (χ3n) is 4.95. The number of H-pyrrole nitrogens is 1. The van der Waals surface area contributed by atoms with Gasteiger partial charge in [-0.05, 0) is 25.1 Å². The zero-order valence-corrected chi connectivity index (χ0v) is 17.5. The third kappa shape index (κ3) is 3.38. The molecular weight excluding hydrogens is 442 g/mol. The zero-order chi connectivity index (χ0) is 23.2. The van der Waals surface area contributed by atoms with Crippen molar-refractivity contribution in [3.8, 4) is 6.07 Å². The number of aryl methyl sites for hydroxylation is 1. The Labute approximate surface area is 180 Å².